The predicted molar refractivity (Wildman–Crippen MR) is 134 cm³/mol. The zero-order valence-corrected chi connectivity index (χ0v) is 22.1. The molecular formula is C27H33F3N4O4. The Balaban J connectivity index is 1.93. The summed E-state index contributed by atoms with van der Waals surface area (Å²) in [5.41, 5.74) is -1.63. The number of rotatable bonds is 9. The van der Waals surface area contributed by atoms with E-state index in [4.69, 9.17) is 4.74 Å². The highest BCUT2D eigenvalue weighted by atomic mass is 19.4. The lowest BCUT2D eigenvalue weighted by atomic mass is 9.81. The number of methoxy groups -OCH3 is 1. The maximum absolute atomic E-state index is 14.3. The van der Waals surface area contributed by atoms with Crippen molar-refractivity contribution in [1.82, 2.24) is 15.6 Å². The average molecular weight is 535 g/mol. The largest absolute Gasteiger partial charge is 0.496 e. The van der Waals surface area contributed by atoms with Gasteiger partial charge in [0.2, 0.25) is 11.8 Å². The normalized spacial score (nSPS) is 17.6. The SMILES string of the molecule is COc1c(C)ccc2[nH]c(C(=O)C[C@@H](CC(C)(C)C)C(=O)N[C@H](C#N)C[C@@H]3CCNC3=O)c(C(F)(F)F)c12. The van der Waals surface area contributed by atoms with Gasteiger partial charge in [0.15, 0.2) is 5.78 Å². The Hall–Kier alpha value is -3.55. The molecule has 0 spiro atoms. The number of carbonyl (C=O) groups excluding carboxylic acids is 3. The Bertz CT molecular complexity index is 1270. The van der Waals surface area contributed by atoms with Crippen molar-refractivity contribution in [2.75, 3.05) is 13.7 Å². The number of ether oxygens (including phenoxy) is 1. The van der Waals surface area contributed by atoms with Crippen LogP contribution in [-0.2, 0) is 15.8 Å². The van der Waals surface area contributed by atoms with E-state index in [9.17, 15) is 32.8 Å². The van der Waals surface area contributed by atoms with Gasteiger partial charge in [-0.05, 0) is 43.2 Å². The fourth-order valence-electron chi connectivity index (χ4n) is 5.03. The van der Waals surface area contributed by atoms with E-state index in [2.05, 4.69) is 15.6 Å². The van der Waals surface area contributed by atoms with Crippen LogP contribution >= 0.6 is 0 Å². The number of aromatic nitrogens is 1. The van der Waals surface area contributed by atoms with Crippen LogP contribution in [0.2, 0.25) is 0 Å². The summed E-state index contributed by atoms with van der Waals surface area (Å²) >= 11 is 0. The number of nitrogens with one attached hydrogen (secondary N) is 3. The molecule has 0 bridgehead atoms. The van der Waals surface area contributed by atoms with Gasteiger partial charge in [-0.25, -0.2) is 0 Å². The van der Waals surface area contributed by atoms with Crippen LogP contribution in [0.4, 0.5) is 13.2 Å². The van der Waals surface area contributed by atoms with Gasteiger partial charge < -0.3 is 20.4 Å². The van der Waals surface area contributed by atoms with Crippen LogP contribution in [-0.4, -0.2) is 42.3 Å². The monoisotopic (exact) mass is 534 g/mol. The fourth-order valence-corrected chi connectivity index (χ4v) is 5.03. The second kappa shape index (κ2) is 11.1. The van der Waals surface area contributed by atoms with Crippen molar-refractivity contribution in [1.29, 1.82) is 5.26 Å². The highest BCUT2D eigenvalue weighted by Crippen LogP contribution is 2.43. The van der Waals surface area contributed by atoms with Crippen molar-refractivity contribution in [3.63, 3.8) is 0 Å². The van der Waals surface area contributed by atoms with E-state index in [1.807, 2.05) is 26.8 Å². The molecule has 3 atom stereocenters. The van der Waals surface area contributed by atoms with Gasteiger partial charge in [0.1, 0.15) is 11.8 Å². The number of aromatic amines is 1. The van der Waals surface area contributed by atoms with Crippen LogP contribution in [0, 0.1) is 35.5 Å². The van der Waals surface area contributed by atoms with Gasteiger partial charge in [-0.3, -0.25) is 14.4 Å². The van der Waals surface area contributed by atoms with Crippen molar-refractivity contribution in [3.05, 3.63) is 29.0 Å². The quantitative estimate of drug-likeness (QED) is 0.404. The van der Waals surface area contributed by atoms with Gasteiger partial charge in [-0.2, -0.15) is 18.4 Å². The molecule has 0 aliphatic carbocycles. The number of hydrogen-bond acceptors (Lipinski definition) is 5. The molecule has 1 aromatic heterocycles. The second-order valence-electron chi connectivity index (χ2n) is 11.0. The number of aryl methyl sites for hydroxylation is 1. The van der Waals surface area contributed by atoms with Crippen molar-refractivity contribution in [3.8, 4) is 11.8 Å². The molecule has 1 aliphatic rings. The summed E-state index contributed by atoms with van der Waals surface area (Å²) in [4.78, 5) is 41.1. The van der Waals surface area contributed by atoms with Gasteiger partial charge in [0, 0.05) is 24.8 Å². The molecule has 0 radical (unpaired) electrons. The predicted octanol–water partition coefficient (Wildman–Crippen LogP) is 4.66. The number of hydrogen-bond donors (Lipinski definition) is 3. The molecule has 11 heteroatoms. The molecule has 1 saturated heterocycles. The molecule has 38 heavy (non-hydrogen) atoms. The van der Waals surface area contributed by atoms with E-state index in [1.165, 1.54) is 13.2 Å². The summed E-state index contributed by atoms with van der Waals surface area (Å²) in [7, 11) is 1.26. The van der Waals surface area contributed by atoms with Crippen molar-refractivity contribution in [2.24, 2.45) is 17.3 Å². The van der Waals surface area contributed by atoms with Crippen molar-refractivity contribution in [2.45, 2.75) is 65.6 Å². The van der Waals surface area contributed by atoms with E-state index in [1.54, 1.807) is 13.0 Å². The van der Waals surface area contributed by atoms with Crippen molar-refractivity contribution < 1.29 is 32.3 Å². The van der Waals surface area contributed by atoms with Gasteiger partial charge in [-0.15, -0.1) is 0 Å². The first-order valence-corrected chi connectivity index (χ1v) is 12.4. The number of nitrogens with zero attached hydrogens (tertiary/aromatic N) is 1. The maximum Gasteiger partial charge on any atom is 0.419 e. The smallest absolute Gasteiger partial charge is 0.419 e. The molecule has 0 saturated carbocycles. The third-order valence-corrected chi connectivity index (χ3v) is 6.70. The molecule has 1 aromatic carbocycles. The number of nitriles is 1. The third kappa shape index (κ3) is 6.47. The van der Waals surface area contributed by atoms with Crippen LogP contribution < -0.4 is 15.4 Å². The molecule has 0 unspecified atom stereocenters. The van der Waals surface area contributed by atoms with Gasteiger partial charge in [-0.1, -0.05) is 26.8 Å². The first kappa shape index (κ1) is 29.0. The number of halogens is 3. The maximum atomic E-state index is 14.3. The minimum atomic E-state index is -4.86. The first-order chi connectivity index (χ1) is 17.7. The standard InChI is InChI=1S/C27H33F3N4O4/c1-14-6-7-18-20(23(14)38-5)21(27(28,29)30)22(34-18)19(35)11-16(12-26(2,3)4)25(37)33-17(13-31)10-15-8-9-32-24(15)36/h6-7,15-17,34H,8-12H2,1-5H3,(H,32,36)(H,33,37)/t15-,16-,17-/m0/s1. The van der Waals surface area contributed by atoms with Crippen molar-refractivity contribution >= 4 is 28.5 Å². The van der Waals surface area contributed by atoms with Gasteiger partial charge in [0.05, 0.1) is 35.3 Å². The highest BCUT2D eigenvalue weighted by molar-refractivity contribution is 6.05. The minimum Gasteiger partial charge on any atom is -0.496 e. The summed E-state index contributed by atoms with van der Waals surface area (Å²) in [6.07, 6.45) is -4.51. The summed E-state index contributed by atoms with van der Waals surface area (Å²) < 4.78 is 48.0. The Labute approximate surface area is 219 Å². The van der Waals surface area contributed by atoms with Crippen LogP contribution in [0.1, 0.15) is 68.1 Å². The summed E-state index contributed by atoms with van der Waals surface area (Å²) in [6.45, 7) is 7.64. The number of benzene rings is 1. The number of ketones is 1. The third-order valence-electron chi connectivity index (χ3n) is 6.70. The number of fused-ring (bicyclic) bond motifs is 1. The van der Waals surface area contributed by atoms with Crippen LogP contribution in [0.5, 0.6) is 5.75 Å². The first-order valence-electron chi connectivity index (χ1n) is 12.4. The van der Waals surface area contributed by atoms with E-state index in [0.29, 0.717) is 18.5 Å². The zero-order chi connectivity index (χ0) is 28.4. The molecule has 2 heterocycles. The highest BCUT2D eigenvalue weighted by Gasteiger charge is 2.41. The lowest BCUT2D eigenvalue weighted by molar-refractivity contribution is -0.136. The van der Waals surface area contributed by atoms with E-state index in [-0.39, 0.29) is 35.4 Å². The summed E-state index contributed by atoms with van der Waals surface area (Å²) in [5.74, 6) is -3.07. The van der Waals surface area contributed by atoms with E-state index < -0.39 is 58.8 Å². The van der Waals surface area contributed by atoms with E-state index >= 15 is 0 Å². The zero-order valence-electron chi connectivity index (χ0n) is 22.1. The van der Waals surface area contributed by atoms with E-state index in [0.717, 1.165) is 0 Å². The minimum absolute atomic E-state index is 0.0157. The average Bonchev–Trinajstić information content (AvgIpc) is 3.40. The molecular weight excluding hydrogens is 501 g/mol. The Kier molecular flexibility index (Phi) is 8.44. The van der Waals surface area contributed by atoms with Crippen LogP contribution in [0.25, 0.3) is 10.9 Å². The fraction of sp³-hybridized carbons (Fsp3) is 0.556. The van der Waals surface area contributed by atoms with Crippen LogP contribution in [0.15, 0.2) is 12.1 Å². The summed E-state index contributed by atoms with van der Waals surface area (Å²) in [5, 5.41) is 14.6. The lowest BCUT2D eigenvalue weighted by Gasteiger charge is -2.26. The molecule has 3 N–H and O–H groups in total. The second-order valence-corrected chi connectivity index (χ2v) is 11.0. The van der Waals surface area contributed by atoms with Gasteiger partial charge in [0.25, 0.3) is 0 Å². The number of Topliss-reactive ketones (excluding diaryl/α,β-unsaturated/α-hetero) is 1. The Morgan fingerprint density at radius 2 is 1.95 bits per heavy atom. The summed E-state index contributed by atoms with van der Waals surface area (Å²) in [6, 6.07) is 4.06. The Morgan fingerprint density at radius 3 is 2.47 bits per heavy atom. The molecule has 2 aromatic rings. The molecule has 1 aliphatic heterocycles. The molecule has 206 valence electrons. The lowest BCUT2D eigenvalue weighted by Crippen LogP contribution is -2.41. The van der Waals surface area contributed by atoms with Crippen LogP contribution in [0.3, 0.4) is 0 Å². The number of H-pyrrole nitrogens is 1. The number of carbonyl (C=O) groups is 3. The Morgan fingerprint density at radius 1 is 1.26 bits per heavy atom. The molecule has 1 fully saturated rings. The molecule has 2 amide bonds. The number of amides is 2. The molecule has 3 rings (SSSR count). The number of alkyl halides is 3. The van der Waals surface area contributed by atoms with Gasteiger partial charge >= 0.3 is 6.18 Å². The molecule has 8 nitrogen and oxygen atoms in total. The topological polar surface area (TPSA) is 124 Å².